The number of hydrogen-bond acceptors (Lipinski definition) is 3. The molecule has 0 bridgehead atoms. The molecule has 1 aromatic heterocycles. The number of hydrogen-bond donors (Lipinski definition) is 2. The largest absolute Gasteiger partial charge is 0.368 e. The molecule has 2 amide bonds. The monoisotopic (exact) mass is 277 g/mol. The van der Waals surface area contributed by atoms with Gasteiger partial charge in [0.25, 0.3) is 5.91 Å². The third kappa shape index (κ3) is 2.66. The molecule has 0 fully saturated rings. The Hall–Kier alpha value is -2.14. The van der Waals surface area contributed by atoms with Gasteiger partial charge < -0.3 is 11.1 Å². The second-order valence-corrected chi connectivity index (χ2v) is 4.46. The molecule has 1 heterocycles. The Balaban J connectivity index is 2.43. The molecular weight excluding hydrogens is 266 g/mol. The summed E-state index contributed by atoms with van der Waals surface area (Å²) in [6.45, 7) is 1.52. The van der Waals surface area contributed by atoms with Gasteiger partial charge in [0.2, 0.25) is 5.91 Å². The predicted octanol–water partition coefficient (Wildman–Crippen LogP) is 1.49. The van der Waals surface area contributed by atoms with Crippen LogP contribution in [0.4, 0.5) is 0 Å². The van der Waals surface area contributed by atoms with Crippen LogP contribution in [0.1, 0.15) is 17.3 Å². The highest BCUT2D eigenvalue weighted by atomic mass is 35.5. The second-order valence-electron chi connectivity index (χ2n) is 4.11. The zero-order chi connectivity index (χ0) is 14.0. The molecule has 0 aliphatic carbocycles. The van der Waals surface area contributed by atoms with E-state index in [1.54, 1.807) is 18.2 Å². The van der Waals surface area contributed by atoms with Crippen molar-refractivity contribution >= 4 is 34.2 Å². The normalized spacial score (nSPS) is 12.1. The lowest BCUT2D eigenvalue weighted by Crippen LogP contribution is -2.42. The van der Waals surface area contributed by atoms with E-state index < -0.39 is 17.9 Å². The number of amides is 2. The van der Waals surface area contributed by atoms with E-state index in [9.17, 15) is 9.59 Å². The fourth-order valence-electron chi connectivity index (χ4n) is 1.68. The highest BCUT2D eigenvalue weighted by Gasteiger charge is 2.17. The van der Waals surface area contributed by atoms with Gasteiger partial charge in [-0.15, -0.1) is 0 Å². The molecule has 2 aromatic rings. The lowest BCUT2D eigenvalue weighted by molar-refractivity contribution is -0.119. The zero-order valence-corrected chi connectivity index (χ0v) is 10.9. The summed E-state index contributed by atoms with van der Waals surface area (Å²) in [6.07, 6.45) is 1.38. The molecule has 1 aromatic carbocycles. The number of pyridine rings is 1. The van der Waals surface area contributed by atoms with E-state index >= 15 is 0 Å². The Labute approximate surface area is 114 Å². The summed E-state index contributed by atoms with van der Waals surface area (Å²) < 4.78 is 0. The summed E-state index contributed by atoms with van der Waals surface area (Å²) in [7, 11) is 0. The summed E-state index contributed by atoms with van der Waals surface area (Å²) in [5, 5.41) is 4.20. The van der Waals surface area contributed by atoms with Crippen LogP contribution in [0.5, 0.6) is 0 Å². The van der Waals surface area contributed by atoms with Gasteiger partial charge in [-0.25, -0.2) is 4.98 Å². The van der Waals surface area contributed by atoms with Crippen LogP contribution in [0, 0.1) is 0 Å². The van der Waals surface area contributed by atoms with Crippen LogP contribution in [-0.2, 0) is 4.79 Å². The highest BCUT2D eigenvalue weighted by molar-refractivity contribution is 6.34. The first-order valence-electron chi connectivity index (χ1n) is 5.64. The molecule has 6 heteroatoms. The number of nitrogens with one attached hydrogen (secondary N) is 1. The first-order chi connectivity index (χ1) is 9.00. The van der Waals surface area contributed by atoms with Crippen LogP contribution in [0.25, 0.3) is 10.8 Å². The Kier molecular flexibility index (Phi) is 3.66. The Bertz CT molecular complexity index is 657. The molecule has 0 saturated heterocycles. The van der Waals surface area contributed by atoms with Crippen molar-refractivity contribution < 1.29 is 9.59 Å². The molecule has 1 unspecified atom stereocenters. The van der Waals surface area contributed by atoms with Crippen molar-refractivity contribution in [2.45, 2.75) is 13.0 Å². The van der Waals surface area contributed by atoms with Gasteiger partial charge in [0.1, 0.15) is 11.2 Å². The lowest BCUT2D eigenvalue weighted by Gasteiger charge is -2.11. The van der Waals surface area contributed by atoms with Gasteiger partial charge in [0.05, 0.1) is 5.56 Å². The summed E-state index contributed by atoms with van der Waals surface area (Å²) in [5.41, 5.74) is 5.46. The fraction of sp³-hybridized carbons (Fsp3) is 0.154. The predicted molar refractivity (Wildman–Crippen MR) is 72.9 cm³/mol. The molecule has 0 spiro atoms. The molecule has 19 heavy (non-hydrogen) atoms. The van der Waals surface area contributed by atoms with Crippen molar-refractivity contribution in [1.29, 1.82) is 0 Å². The van der Waals surface area contributed by atoms with Crippen LogP contribution < -0.4 is 11.1 Å². The third-order valence-corrected chi connectivity index (χ3v) is 3.07. The van der Waals surface area contributed by atoms with Gasteiger partial charge in [-0.3, -0.25) is 9.59 Å². The Morgan fingerprint density at radius 3 is 2.58 bits per heavy atom. The van der Waals surface area contributed by atoms with Crippen LogP contribution in [0.15, 0.2) is 30.5 Å². The van der Waals surface area contributed by atoms with Crippen molar-refractivity contribution in [3.63, 3.8) is 0 Å². The number of halogens is 1. The molecule has 2 rings (SSSR count). The minimum Gasteiger partial charge on any atom is -0.368 e. The van der Waals surface area contributed by atoms with Crippen LogP contribution in [0.3, 0.4) is 0 Å². The van der Waals surface area contributed by atoms with E-state index in [1.165, 1.54) is 13.1 Å². The minimum absolute atomic E-state index is 0.329. The maximum absolute atomic E-state index is 12.1. The summed E-state index contributed by atoms with van der Waals surface area (Å²) >= 11 is 5.97. The minimum atomic E-state index is -0.748. The molecule has 5 nitrogen and oxygen atoms in total. The SMILES string of the molecule is CC(NC(=O)c1cnc(Cl)c2ccccc12)C(N)=O. The number of benzene rings is 1. The van der Waals surface area contributed by atoms with Crippen molar-refractivity contribution in [3.05, 3.63) is 41.2 Å². The maximum atomic E-state index is 12.1. The fourth-order valence-corrected chi connectivity index (χ4v) is 1.90. The van der Waals surface area contributed by atoms with Gasteiger partial charge in [-0.1, -0.05) is 35.9 Å². The van der Waals surface area contributed by atoms with Gasteiger partial charge in [0.15, 0.2) is 0 Å². The molecular formula is C13H12ClN3O2. The molecule has 0 aliphatic heterocycles. The first kappa shape index (κ1) is 13.3. The highest BCUT2D eigenvalue weighted by Crippen LogP contribution is 2.24. The van der Waals surface area contributed by atoms with E-state index in [-0.39, 0.29) is 0 Å². The van der Waals surface area contributed by atoms with E-state index in [0.717, 1.165) is 0 Å². The summed E-state index contributed by atoms with van der Waals surface area (Å²) in [6, 6.07) is 6.41. The smallest absolute Gasteiger partial charge is 0.254 e. The molecule has 1 atom stereocenters. The van der Waals surface area contributed by atoms with Gasteiger partial charge in [-0.2, -0.15) is 0 Å². The first-order valence-corrected chi connectivity index (χ1v) is 6.02. The summed E-state index contributed by atoms with van der Waals surface area (Å²) in [5.74, 6) is -1.01. The van der Waals surface area contributed by atoms with Crippen molar-refractivity contribution in [2.75, 3.05) is 0 Å². The zero-order valence-electron chi connectivity index (χ0n) is 10.2. The topological polar surface area (TPSA) is 85.1 Å². The average Bonchev–Trinajstić information content (AvgIpc) is 2.39. The number of aromatic nitrogens is 1. The van der Waals surface area contributed by atoms with E-state index in [1.807, 2.05) is 6.07 Å². The van der Waals surface area contributed by atoms with E-state index in [2.05, 4.69) is 10.3 Å². The van der Waals surface area contributed by atoms with Crippen LogP contribution >= 0.6 is 11.6 Å². The number of fused-ring (bicyclic) bond motifs is 1. The van der Waals surface area contributed by atoms with Crippen LogP contribution in [-0.4, -0.2) is 22.8 Å². The Morgan fingerprint density at radius 2 is 1.95 bits per heavy atom. The standard InChI is InChI=1S/C13H12ClN3O2/c1-7(12(15)18)17-13(19)10-6-16-11(14)9-5-3-2-4-8(9)10/h2-7H,1H3,(H2,15,18)(H,17,19). The third-order valence-electron chi connectivity index (χ3n) is 2.77. The number of nitrogens with zero attached hydrogens (tertiary/aromatic N) is 1. The molecule has 0 aliphatic rings. The number of carbonyl (C=O) groups excluding carboxylic acids is 2. The summed E-state index contributed by atoms with van der Waals surface area (Å²) in [4.78, 5) is 27.0. The lowest BCUT2D eigenvalue weighted by atomic mass is 10.1. The molecule has 3 N–H and O–H groups in total. The Morgan fingerprint density at radius 1 is 1.32 bits per heavy atom. The molecule has 0 saturated carbocycles. The number of carbonyl (C=O) groups is 2. The number of primary amides is 1. The van der Waals surface area contributed by atoms with E-state index in [0.29, 0.717) is 21.5 Å². The van der Waals surface area contributed by atoms with E-state index in [4.69, 9.17) is 17.3 Å². The number of nitrogens with two attached hydrogens (primary N) is 1. The molecule has 98 valence electrons. The van der Waals surface area contributed by atoms with Gasteiger partial charge in [0, 0.05) is 11.6 Å². The second kappa shape index (κ2) is 5.24. The maximum Gasteiger partial charge on any atom is 0.254 e. The van der Waals surface area contributed by atoms with Gasteiger partial charge in [-0.05, 0) is 12.3 Å². The quantitative estimate of drug-likeness (QED) is 0.834. The van der Waals surface area contributed by atoms with Crippen LogP contribution in [0.2, 0.25) is 5.15 Å². The van der Waals surface area contributed by atoms with Crippen molar-refractivity contribution in [3.8, 4) is 0 Å². The van der Waals surface area contributed by atoms with Crippen molar-refractivity contribution in [2.24, 2.45) is 5.73 Å². The van der Waals surface area contributed by atoms with Crippen molar-refractivity contribution in [1.82, 2.24) is 10.3 Å². The average molecular weight is 278 g/mol. The molecule has 0 radical (unpaired) electrons. The number of rotatable bonds is 3. The van der Waals surface area contributed by atoms with Gasteiger partial charge >= 0.3 is 0 Å².